The van der Waals surface area contributed by atoms with Crippen molar-refractivity contribution < 1.29 is 14.3 Å². The average molecular weight is 377 g/mol. The highest BCUT2D eigenvalue weighted by atomic mass is 16.5. The van der Waals surface area contributed by atoms with Crippen molar-refractivity contribution >= 4 is 29.3 Å². The van der Waals surface area contributed by atoms with Gasteiger partial charge in [-0.2, -0.15) is 5.10 Å². The third-order valence-corrected chi connectivity index (χ3v) is 4.55. The molecule has 0 fully saturated rings. The Morgan fingerprint density at radius 1 is 1.11 bits per heavy atom. The van der Waals surface area contributed by atoms with Gasteiger partial charge in [0.2, 0.25) is 5.88 Å². The molecule has 0 saturated carbocycles. The number of nitrogens with zero attached hydrogens (tertiary/aromatic N) is 3. The van der Waals surface area contributed by atoms with Crippen LogP contribution in [0.1, 0.15) is 28.2 Å². The van der Waals surface area contributed by atoms with Gasteiger partial charge in [0.1, 0.15) is 5.69 Å². The first-order valence-electron chi connectivity index (χ1n) is 8.73. The Labute approximate surface area is 158 Å². The summed E-state index contributed by atoms with van der Waals surface area (Å²) < 4.78 is 5.74. The second kappa shape index (κ2) is 6.34. The Morgan fingerprint density at radius 2 is 2.04 bits per heavy atom. The predicted molar refractivity (Wildman–Crippen MR) is 99.4 cm³/mol. The number of nitrogens with one attached hydrogen (secondary N) is 4. The second-order valence-corrected chi connectivity index (χ2v) is 6.34. The maximum absolute atomic E-state index is 12.5. The number of fused-ring (bicyclic) bond motifs is 4. The van der Waals surface area contributed by atoms with Crippen LogP contribution in [0.3, 0.4) is 0 Å². The number of aromatic amines is 2. The van der Waals surface area contributed by atoms with Crippen LogP contribution in [-0.4, -0.2) is 50.1 Å². The molecular weight excluding hydrogens is 362 g/mol. The Bertz CT molecular complexity index is 1130. The quantitative estimate of drug-likeness (QED) is 0.464. The first kappa shape index (κ1) is 16.2. The fourth-order valence-electron chi connectivity index (χ4n) is 3.17. The van der Waals surface area contributed by atoms with Gasteiger partial charge in [0.25, 0.3) is 11.8 Å². The van der Waals surface area contributed by atoms with Gasteiger partial charge in [-0.3, -0.25) is 9.59 Å². The Morgan fingerprint density at radius 3 is 2.96 bits per heavy atom. The lowest BCUT2D eigenvalue weighted by Gasteiger charge is -2.07. The number of H-pyrrole nitrogens is 2. The molecule has 0 radical (unpaired) electrons. The molecule has 5 rings (SSSR count). The van der Waals surface area contributed by atoms with E-state index in [0.717, 1.165) is 0 Å². The van der Waals surface area contributed by atoms with Crippen molar-refractivity contribution in [3.8, 4) is 17.1 Å². The van der Waals surface area contributed by atoms with E-state index < -0.39 is 0 Å². The number of rotatable bonds is 0. The van der Waals surface area contributed by atoms with Crippen LogP contribution in [0.4, 0.5) is 5.82 Å². The summed E-state index contributed by atoms with van der Waals surface area (Å²) in [6, 6.07) is 1.67. The van der Waals surface area contributed by atoms with Crippen LogP contribution >= 0.6 is 0 Å². The Balaban J connectivity index is 1.68. The number of ether oxygens (including phenoxy) is 1. The SMILES string of the molecule is O=C1Nc2ncc3nc2/C1=C/c1[nH]ccc1C(=O)NCCCOc1[nH]ncc1-3. The van der Waals surface area contributed by atoms with Crippen LogP contribution in [0.15, 0.2) is 24.7 Å². The molecule has 5 heterocycles. The van der Waals surface area contributed by atoms with Gasteiger partial charge in [0, 0.05) is 12.7 Å². The number of anilines is 1. The second-order valence-electron chi connectivity index (χ2n) is 6.34. The molecule has 2 bridgehead atoms. The van der Waals surface area contributed by atoms with Gasteiger partial charge in [0.15, 0.2) is 5.82 Å². The van der Waals surface area contributed by atoms with Gasteiger partial charge >= 0.3 is 0 Å². The lowest BCUT2D eigenvalue weighted by atomic mass is 10.1. The van der Waals surface area contributed by atoms with Crippen LogP contribution in [0.5, 0.6) is 5.88 Å². The average Bonchev–Trinajstić information content (AvgIpc) is 3.40. The molecule has 2 aliphatic heterocycles. The molecule has 140 valence electrons. The standard InChI is InChI=1S/C18H15N7O3/c26-16-9-2-4-19-12(9)6-10-14-15(24-17(10)27)21-8-13(23-14)11-7-22-25-18(11)28-5-1-3-20-16/h2,4,6-8,19H,1,3,5H2,(H,20,26)(H,22,25)(H,21,24,27)/b10-6-. The molecule has 10 heteroatoms. The smallest absolute Gasteiger partial charge is 0.259 e. The molecule has 10 nitrogen and oxygen atoms in total. The summed E-state index contributed by atoms with van der Waals surface area (Å²) >= 11 is 0. The zero-order chi connectivity index (χ0) is 19.1. The van der Waals surface area contributed by atoms with E-state index in [9.17, 15) is 9.59 Å². The number of carbonyl (C=O) groups is 2. The first-order valence-corrected chi connectivity index (χ1v) is 8.73. The van der Waals surface area contributed by atoms with E-state index in [-0.39, 0.29) is 11.8 Å². The van der Waals surface area contributed by atoms with Crippen LogP contribution in [0, 0.1) is 0 Å². The monoisotopic (exact) mass is 377 g/mol. The molecule has 0 spiro atoms. The van der Waals surface area contributed by atoms with Crippen molar-refractivity contribution in [2.24, 2.45) is 0 Å². The maximum Gasteiger partial charge on any atom is 0.259 e. The van der Waals surface area contributed by atoms with E-state index in [1.165, 1.54) is 0 Å². The molecule has 28 heavy (non-hydrogen) atoms. The third-order valence-electron chi connectivity index (χ3n) is 4.55. The Hall–Kier alpha value is -3.95. The van der Waals surface area contributed by atoms with E-state index in [0.29, 0.717) is 65.1 Å². The minimum atomic E-state index is -0.332. The van der Waals surface area contributed by atoms with Gasteiger partial charge in [-0.25, -0.2) is 15.1 Å². The maximum atomic E-state index is 12.5. The number of amides is 2. The van der Waals surface area contributed by atoms with E-state index in [4.69, 9.17) is 4.74 Å². The molecule has 0 unspecified atom stereocenters. The number of carbonyl (C=O) groups excluding carboxylic acids is 2. The largest absolute Gasteiger partial charge is 0.477 e. The molecule has 3 aromatic heterocycles. The van der Waals surface area contributed by atoms with Gasteiger partial charge < -0.3 is 20.4 Å². The molecule has 0 aliphatic carbocycles. The molecule has 3 aromatic rings. The fourth-order valence-corrected chi connectivity index (χ4v) is 3.17. The highest BCUT2D eigenvalue weighted by Crippen LogP contribution is 2.34. The minimum absolute atomic E-state index is 0.233. The molecule has 0 aromatic carbocycles. The summed E-state index contributed by atoms with van der Waals surface area (Å²) in [6.45, 7) is 0.832. The normalized spacial score (nSPS) is 17.8. The van der Waals surface area contributed by atoms with Gasteiger partial charge in [-0.05, 0) is 18.6 Å². The molecule has 2 aliphatic rings. The van der Waals surface area contributed by atoms with Crippen molar-refractivity contribution in [3.63, 3.8) is 0 Å². The highest BCUT2D eigenvalue weighted by molar-refractivity contribution is 6.34. The first-order chi connectivity index (χ1) is 13.7. The minimum Gasteiger partial charge on any atom is -0.477 e. The topological polar surface area (TPSA) is 138 Å². The third kappa shape index (κ3) is 2.62. The van der Waals surface area contributed by atoms with Crippen LogP contribution < -0.4 is 15.4 Å². The Kier molecular flexibility index (Phi) is 3.68. The van der Waals surface area contributed by atoms with Crippen molar-refractivity contribution in [1.29, 1.82) is 0 Å². The summed E-state index contributed by atoms with van der Waals surface area (Å²) in [4.78, 5) is 36.9. The molecule has 0 atom stereocenters. The van der Waals surface area contributed by atoms with E-state index in [1.54, 1.807) is 30.7 Å². The van der Waals surface area contributed by atoms with Gasteiger partial charge in [-0.15, -0.1) is 0 Å². The van der Waals surface area contributed by atoms with Crippen molar-refractivity contribution in [3.05, 3.63) is 41.6 Å². The zero-order valence-electron chi connectivity index (χ0n) is 14.6. The van der Waals surface area contributed by atoms with Crippen molar-refractivity contribution in [2.45, 2.75) is 6.42 Å². The van der Waals surface area contributed by atoms with E-state index >= 15 is 0 Å². The summed E-state index contributed by atoms with van der Waals surface area (Å²) in [5.74, 6) is 0.265. The van der Waals surface area contributed by atoms with Crippen LogP contribution in [-0.2, 0) is 4.79 Å². The van der Waals surface area contributed by atoms with E-state index in [2.05, 4.69) is 35.8 Å². The molecular formula is C18H15N7O3. The predicted octanol–water partition coefficient (Wildman–Crippen LogP) is 1.20. The number of hydrogen-bond donors (Lipinski definition) is 4. The summed E-state index contributed by atoms with van der Waals surface area (Å²) in [7, 11) is 0. The van der Waals surface area contributed by atoms with Crippen LogP contribution in [0.25, 0.3) is 22.9 Å². The summed E-state index contributed by atoms with van der Waals surface area (Å²) in [5.41, 5.74) is 2.88. The molecule has 0 saturated heterocycles. The fraction of sp³-hybridized carbons (Fsp3) is 0.167. The highest BCUT2D eigenvalue weighted by Gasteiger charge is 2.29. The van der Waals surface area contributed by atoms with Crippen molar-refractivity contribution in [2.75, 3.05) is 18.5 Å². The van der Waals surface area contributed by atoms with Gasteiger partial charge in [-0.1, -0.05) is 0 Å². The lowest BCUT2D eigenvalue weighted by molar-refractivity contribution is -0.110. The van der Waals surface area contributed by atoms with Crippen LogP contribution in [0.2, 0.25) is 0 Å². The molecule has 4 N–H and O–H groups in total. The summed E-state index contributed by atoms with van der Waals surface area (Å²) in [5, 5.41) is 12.4. The summed E-state index contributed by atoms with van der Waals surface area (Å²) in [6.07, 6.45) is 7.04. The van der Waals surface area contributed by atoms with Gasteiger partial charge in [0.05, 0.1) is 47.1 Å². The number of aromatic nitrogens is 5. The van der Waals surface area contributed by atoms with Crippen molar-refractivity contribution in [1.82, 2.24) is 30.5 Å². The van der Waals surface area contributed by atoms with E-state index in [1.807, 2.05) is 0 Å². The lowest BCUT2D eigenvalue weighted by Crippen LogP contribution is -2.25. The zero-order valence-corrected chi connectivity index (χ0v) is 14.6. The molecule has 2 amide bonds. The number of hydrogen-bond acceptors (Lipinski definition) is 6.